The molecule has 0 fully saturated rings. The minimum Gasteiger partial charge on any atom is -0.345 e. The first-order valence-corrected chi connectivity index (χ1v) is 12.8. The Bertz CT molecular complexity index is 1320. The van der Waals surface area contributed by atoms with Crippen molar-refractivity contribution in [1.82, 2.24) is 15.2 Å². The number of ketones is 1. The SMILES string of the molecule is NCCN(CN)C(=O)CC[C@H](N)C(=O)N[C@H](Cc1ccc(C(F)(F)F)cc1)C(=O)Cc1cnc2ccccc2c1. The molecular formula is C28H33F3N6O3. The number of rotatable bonds is 13. The molecule has 0 aliphatic rings. The van der Waals surface area contributed by atoms with Crippen LogP contribution in [0.4, 0.5) is 13.2 Å². The first-order chi connectivity index (χ1) is 19.0. The summed E-state index contributed by atoms with van der Waals surface area (Å²) in [4.78, 5) is 44.3. The van der Waals surface area contributed by atoms with E-state index in [0.29, 0.717) is 11.1 Å². The van der Waals surface area contributed by atoms with Crippen molar-refractivity contribution in [2.75, 3.05) is 19.8 Å². The van der Waals surface area contributed by atoms with Crippen molar-refractivity contribution in [2.45, 2.75) is 43.9 Å². The van der Waals surface area contributed by atoms with E-state index >= 15 is 0 Å². The van der Waals surface area contributed by atoms with Crippen LogP contribution in [0.3, 0.4) is 0 Å². The number of carbonyl (C=O) groups is 3. The number of halogens is 3. The summed E-state index contributed by atoms with van der Waals surface area (Å²) in [5.41, 5.74) is 18.0. The highest BCUT2D eigenvalue weighted by molar-refractivity contribution is 5.93. The maximum absolute atomic E-state index is 13.4. The van der Waals surface area contributed by atoms with Crippen LogP contribution in [-0.4, -0.2) is 59.3 Å². The number of fused-ring (bicyclic) bond motifs is 1. The predicted octanol–water partition coefficient (Wildman–Crippen LogP) is 1.90. The molecule has 0 bridgehead atoms. The predicted molar refractivity (Wildman–Crippen MR) is 145 cm³/mol. The Morgan fingerprint density at radius 2 is 1.70 bits per heavy atom. The molecule has 3 aromatic rings. The molecule has 9 nitrogen and oxygen atoms in total. The van der Waals surface area contributed by atoms with E-state index in [9.17, 15) is 27.6 Å². The Morgan fingerprint density at radius 1 is 1.00 bits per heavy atom. The van der Waals surface area contributed by atoms with E-state index in [1.807, 2.05) is 30.3 Å². The van der Waals surface area contributed by atoms with Gasteiger partial charge < -0.3 is 27.4 Å². The molecule has 3 rings (SSSR count). The molecule has 2 aromatic carbocycles. The van der Waals surface area contributed by atoms with Crippen LogP contribution in [0.25, 0.3) is 10.9 Å². The average molecular weight is 559 g/mol. The number of nitrogens with two attached hydrogens (primary N) is 3. The van der Waals surface area contributed by atoms with Gasteiger partial charge in [-0.1, -0.05) is 30.3 Å². The second-order valence-electron chi connectivity index (χ2n) is 9.41. The number of nitrogens with one attached hydrogen (secondary N) is 1. The molecule has 1 heterocycles. The second-order valence-corrected chi connectivity index (χ2v) is 9.41. The number of alkyl halides is 3. The Labute approximate surface area is 229 Å². The van der Waals surface area contributed by atoms with E-state index in [1.54, 1.807) is 6.20 Å². The molecule has 7 N–H and O–H groups in total. The van der Waals surface area contributed by atoms with Crippen molar-refractivity contribution in [3.8, 4) is 0 Å². The number of hydrogen-bond donors (Lipinski definition) is 4. The van der Waals surface area contributed by atoms with Crippen LogP contribution in [0.15, 0.2) is 60.8 Å². The summed E-state index contributed by atoms with van der Waals surface area (Å²) in [5, 5.41) is 3.47. The molecule has 0 unspecified atom stereocenters. The van der Waals surface area contributed by atoms with Gasteiger partial charge >= 0.3 is 6.18 Å². The Kier molecular flexibility index (Phi) is 10.7. The lowest BCUT2D eigenvalue weighted by atomic mass is 9.96. The first kappa shape index (κ1) is 30.7. The van der Waals surface area contributed by atoms with E-state index in [-0.39, 0.29) is 57.1 Å². The van der Waals surface area contributed by atoms with Gasteiger partial charge in [0.2, 0.25) is 11.8 Å². The highest BCUT2D eigenvalue weighted by atomic mass is 19.4. The van der Waals surface area contributed by atoms with E-state index < -0.39 is 29.7 Å². The van der Waals surface area contributed by atoms with Gasteiger partial charge in [0.05, 0.1) is 29.8 Å². The molecule has 0 radical (unpaired) electrons. The zero-order valence-corrected chi connectivity index (χ0v) is 21.9. The number of aromatic nitrogens is 1. The molecule has 0 aliphatic carbocycles. The van der Waals surface area contributed by atoms with E-state index in [4.69, 9.17) is 17.2 Å². The van der Waals surface area contributed by atoms with Gasteiger partial charge in [-0.05, 0) is 48.2 Å². The minimum atomic E-state index is -4.50. The van der Waals surface area contributed by atoms with E-state index in [1.165, 1.54) is 17.0 Å². The fraction of sp³-hybridized carbons (Fsp3) is 0.357. The summed E-state index contributed by atoms with van der Waals surface area (Å²) < 4.78 is 39.0. The third-order valence-electron chi connectivity index (χ3n) is 6.43. The molecule has 2 atom stereocenters. The number of benzene rings is 2. The fourth-order valence-electron chi connectivity index (χ4n) is 4.17. The molecule has 0 spiro atoms. The van der Waals surface area contributed by atoms with Gasteiger partial charge in [0.1, 0.15) is 0 Å². The molecular weight excluding hydrogens is 525 g/mol. The zero-order valence-electron chi connectivity index (χ0n) is 21.9. The molecule has 40 heavy (non-hydrogen) atoms. The number of pyridine rings is 1. The quantitative estimate of drug-likeness (QED) is 0.233. The van der Waals surface area contributed by atoms with Crippen molar-refractivity contribution in [3.05, 3.63) is 77.5 Å². The van der Waals surface area contributed by atoms with Crippen molar-refractivity contribution in [3.63, 3.8) is 0 Å². The molecule has 12 heteroatoms. The number of nitrogens with zero attached hydrogens (tertiary/aromatic N) is 2. The van der Waals surface area contributed by atoms with Gasteiger partial charge in [0.25, 0.3) is 0 Å². The number of hydrogen-bond acceptors (Lipinski definition) is 7. The smallest absolute Gasteiger partial charge is 0.345 e. The molecule has 2 amide bonds. The fourth-order valence-corrected chi connectivity index (χ4v) is 4.17. The molecule has 0 aliphatic heterocycles. The third kappa shape index (κ3) is 8.57. The largest absolute Gasteiger partial charge is 0.416 e. The molecule has 1 aromatic heterocycles. The number of para-hydroxylation sites is 1. The van der Waals surface area contributed by atoms with Gasteiger partial charge in [0, 0.05) is 37.5 Å². The van der Waals surface area contributed by atoms with Crippen LogP contribution in [0.5, 0.6) is 0 Å². The minimum absolute atomic E-state index is 0.00151. The van der Waals surface area contributed by atoms with Crippen LogP contribution in [0, 0.1) is 0 Å². The van der Waals surface area contributed by atoms with Gasteiger partial charge in [-0.15, -0.1) is 0 Å². The van der Waals surface area contributed by atoms with Crippen LogP contribution in [0.1, 0.15) is 29.5 Å². The van der Waals surface area contributed by atoms with Gasteiger partial charge in [-0.25, -0.2) is 0 Å². The molecule has 214 valence electrons. The maximum atomic E-state index is 13.4. The Hall–Kier alpha value is -3.87. The van der Waals surface area contributed by atoms with E-state index in [2.05, 4.69) is 10.3 Å². The summed E-state index contributed by atoms with van der Waals surface area (Å²) in [5.74, 6) is -1.34. The first-order valence-electron chi connectivity index (χ1n) is 12.8. The van der Waals surface area contributed by atoms with Crippen molar-refractivity contribution < 1.29 is 27.6 Å². The second kappa shape index (κ2) is 14.0. The highest BCUT2D eigenvalue weighted by Crippen LogP contribution is 2.29. The standard InChI is InChI=1S/C28H33F3N6O3/c29-28(30,31)21-7-5-18(6-8-21)14-24(25(38)15-19-13-20-3-1-2-4-23(20)35-16-19)36-27(40)22(34)9-10-26(39)37(17-33)12-11-32/h1-8,13,16,22,24H,9-12,14-15,17,32-34H2,(H,36,40)/t22-,24+/m0/s1. The summed E-state index contributed by atoms with van der Waals surface area (Å²) in [6.07, 6.45) is -3.10. The monoisotopic (exact) mass is 558 g/mol. The summed E-state index contributed by atoms with van der Waals surface area (Å²) in [6, 6.07) is 11.4. The van der Waals surface area contributed by atoms with Crippen LogP contribution in [0.2, 0.25) is 0 Å². The lowest BCUT2D eigenvalue weighted by Gasteiger charge is -2.22. The Morgan fingerprint density at radius 3 is 2.35 bits per heavy atom. The summed E-state index contributed by atoms with van der Waals surface area (Å²) in [7, 11) is 0. The number of Topliss-reactive ketones (excluding diaryl/α,β-unsaturated/α-hetero) is 1. The van der Waals surface area contributed by atoms with Crippen molar-refractivity contribution in [1.29, 1.82) is 0 Å². The van der Waals surface area contributed by atoms with Gasteiger partial charge in [0.15, 0.2) is 5.78 Å². The van der Waals surface area contributed by atoms with Crippen LogP contribution >= 0.6 is 0 Å². The van der Waals surface area contributed by atoms with E-state index in [0.717, 1.165) is 23.0 Å². The highest BCUT2D eigenvalue weighted by Gasteiger charge is 2.30. The summed E-state index contributed by atoms with van der Waals surface area (Å²) in [6.45, 7) is 0.477. The number of carbonyl (C=O) groups excluding carboxylic acids is 3. The Balaban J connectivity index is 1.74. The van der Waals surface area contributed by atoms with Crippen molar-refractivity contribution >= 4 is 28.5 Å². The lowest BCUT2D eigenvalue weighted by molar-refractivity contribution is -0.137. The number of amides is 2. The topological polar surface area (TPSA) is 157 Å². The zero-order chi connectivity index (χ0) is 29.3. The average Bonchev–Trinajstić information content (AvgIpc) is 2.93. The van der Waals surface area contributed by atoms with Crippen LogP contribution in [-0.2, 0) is 33.4 Å². The molecule has 0 saturated heterocycles. The lowest BCUT2D eigenvalue weighted by Crippen LogP contribution is -2.50. The van der Waals surface area contributed by atoms with Gasteiger partial charge in [-0.3, -0.25) is 19.4 Å². The van der Waals surface area contributed by atoms with Crippen molar-refractivity contribution in [2.24, 2.45) is 17.2 Å². The third-order valence-corrected chi connectivity index (χ3v) is 6.43. The maximum Gasteiger partial charge on any atom is 0.416 e. The van der Waals surface area contributed by atoms with Crippen LogP contribution < -0.4 is 22.5 Å². The summed E-state index contributed by atoms with van der Waals surface area (Å²) >= 11 is 0. The normalized spacial score (nSPS) is 13.1. The molecule has 0 saturated carbocycles. The van der Waals surface area contributed by atoms with Gasteiger partial charge in [-0.2, -0.15) is 13.2 Å².